The Balaban J connectivity index is 1.97. The van der Waals surface area contributed by atoms with Gasteiger partial charge in [-0.3, -0.25) is 14.6 Å². The molecule has 0 fully saturated rings. The van der Waals surface area contributed by atoms with E-state index in [-0.39, 0.29) is 22.6 Å². The fourth-order valence-electron chi connectivity index (χ4n) is 2.73. The van der Waals surface area contributed by atoms with E-state index in [2.05, 4.69) is 15.3 Å². The van der Waals surface area contributed by atoms with E-state index in [1.165, 1.54) is 28.8 Å². The molecular weight excluding hydrogens is 349 g/mol. The maximum atomic E-state index is 14.2. The zero-order chi connectivity index (χ0) is 19.6. The van der Waals surface area contributed by atoms with Crippen molar-refractivity contribution in [2.75, 3.05) is 17.6 Å². The van der Waals surface area contributed by atoms with E-state index in [4.69, 9.17) is 5.73 Å². The van der Waals surface area contributed by atoms with Crippen LogP contribution in [0.25, 0.3) is 5.65 Å². The smallest absolute Gasteiger partial charge is 0.257 e. The number of pyridine rings is 1. The number of carbonyl (C=O) groups is 2. The van der Waals surface area contributed by atoms with Gasteiger partial charge in [0, 0.05) is 42.3 Å². The van der Waals surface area contributed by atoms with E-state index in [0.29, 0.717) is 29.7 Å². The lowest BCUT2D eigenvalue weighted by Crippen LogP contribution is -2.16. The minimum absolute atomic E-state index is 0.134. The predicted molar refractivity (Wildman–Crippen MR) is 102 cm³/mol. The van der Waals surface area contributed by atoms with Gasteiger partial charge in [-0.05, 0) is 19.9 Å². The molecule has 0 saturated heterocycles. The lowest BCUT2D eigenvalue weighted by Gasteiger charge is -2.11. The number of carbonyl (C=O) groups excluding carboxylic acids is 2. The maximum Gasteiger partial charge on any atom is 0.257 e. The van der Waals surface area contributed by atoms with Crippen LogP contribution in [0.5, 0.6) is 0 Å². The Kier molecular flexibility index (Phi) is 4.98. The van der Waals surface area contributed by atoms with Gasteiger partial charge in [-0.1, -0.05) is 6.07 Å². The molecule has 1 aromatic carbocycles. The van der Waals surface area contributed by atoms with Crippen molar-refractivity contribution >= 4 is 35.4 Å². The standard InChI is InChI=1S/C19H18FN5O2/c1-3-22-7-15-12(10-26)4-5-14(17(15)21)19(27)24-13-6-16(20)18-23-11(2)8-25(18)9-13/h4-10H,3,21H2,1-2H3,(H,24,27). The molecule has 2 heterocycles. The molecule has 0 atom stereocenters. The van der Waals surface area contributed by atoms with Crippen molar-refractivity contribution in [3.63, 3.8) is 0 Å². The van der Waals surface area contributed by atoms with Gasteiger partial charge in [-0.2, -0.15) is 0 Å². The number of imidazole rings is 1. The number of anilines is 2. The Bertz CT molecular complexity index is 1070. The molecule has 0 unspecified atom stereocenters. The van der Waals surface area contributed by atoms with Crippen LogP contribution in [0.4, 0.5) is 15.8 Å². The summed E-state index contributed by atoms with van der Waals surface area (Å²) in [5, 5.41) is 2.62. The highest BCUT2D eigenvalue weighted by molar-refractivity contribution is 6.11. The lowest BCUT2D eigenvalue weighted by molar-refractivity contribution is 0.102. The Morgan fingerprint density at radius 2 is 2.19 bits per heavy atom. The van der Waals surface area contributed by atoms with Crippen molar-refractivity contribution in [3.8, 4) is 0 Å². The summed E-state index contributed by atoms with van der Waals surface area (Å²) in [5.41, 5.74) is 8.19. The summed E-state index contributed by atoms with van der Waals surface area (Å²) >= 11 is 0. The molecule has 3 aromatic rings. The number of aromatic nitrogens is 2. The van der Waals surface area contributed by atoms with Crippen LogP contribution in [0.15, 0.2) is 35.6 Å². The second kappa shape index (κ2) is 7.36. The van der Waals surface area contributed by atoms with Crippen LogP contribution in [0.1, 0.15) is 38.9 Å². The molecule has 3 N–H and O–H groups in total. The summed E-state index contributed by atoms with van der Waals surface area (Å²) in [6, 6.07) is 4.14. The summed E-state index contributed by atoms with van der Waals surface area (Å²) in [4.78, 5) is 32.0. The number of nitrogen functional groups attached to an aromatic ring is 1. The number of halogens is 1. The van der Waals surface area contributed by atoms with Crippen molar-refractivity contribution in [2.24, 2.45) is 4.99 Å². The van der Waals surface area contributed by atoms with Crippen LogP contribution >= 0.6 is 0 Å². The topological polar surface area (TPSA) is 102 Å². The van der Waals surface area contributed by atoms with E-state index in [1.54, 1.807) is 19.3 Å². The number of aldehydes is 1. The number of nitrogens with zero attached hydrogens (tertiary/aromatic N) is 3. The van der Waals surface area contributed by atoms with Crippen LogP contribution in [0, 0.1) is 12.7 Å². The average Bonchev–Trinajstić information content (AvgIpc) is 3.01. The number of fused-ring (bicyclic) bond motifs is 1. The summed E-state index contributed by atoms with van der Waals surface area (Å²) in [6.45, 7) is 4.10. The molecule has 0 aliphatic heterocycles. The second-order valence-electron chi connectivity index (χ2n) is 5.92. The zero-order valence-corrected chi connectivity index (χ0v) is 14.9. The number of rotatable bonds is 5. The van der Waals surface area contributed by atoms with Crippen LogP contribution in [0.3, 0.4) is 0 Å². The molecule has 1 amide bonds. The van der Waals surface area contributed by atoms with Crippen LogP contribution < -0.4 is 11.1 Å². The van der Waals surface area contributed by atoms with Gasteiger partial charge < -0.3 is 15.5 Å². The highest BCUT2D eigenvalue weighted by Crippen LogP contribution is 2.22. The minimum atomic E-state index is -0.555. The number of aliphatic imine (C=N–C) groups is 1. The van der Waals surface area contributed by atoms with E-state index in [9.17, 15) is 14.0 Å². The van der Waals surface area contributed by atoms with Crippen molar-refractivity contribution < 1.29 is 14.0 Å². The predicted octanol–water partition coefficient (Wildman–Crippen LogP) is 2.87. The van der Waals surface area contributed by atoms with Gasteiger partial charge in [0.05, 0.1) is 22.6 Å². The quantitative estimate of drug-likeness (QED) is 0.411. The third-order valence-corrected chi connectivity index (χ3v) is 3.98. The Labute approximate surface area is 154 Å². The van der Waals surface area contributed by atoms with Crippen LogP contribution in [-0.2, 0) is 0 Å². The molecule has 0 aliphatic carbocycles. The SMILES string of the molecule is CCN=Cc1c(C=O)ccc(C(=O)Nc2cc(F)c3nc(C)cn3c2)c1N. The number of benzene rings is 1. The van der Waals surface area contributed by atoms with Gasteiger partial charge in [0.1, 0.15) is 0 Å². The number of nitrogens with two attached hydrogens (primary N) is 1. The van der Waals surface area contributed by atoms with E-state index >= 15 is 0 Å². The van der Waals surface area contributed by atoms with Crippen molar-refractivity contribution in [3.05, 3.63) is 58.8 Å². The number of nitrogens with one attached hydrogen (secondary N) is 1. The Morgan fingerprint density at radius 3 is 2.89 bits per heavy atom. The van der Waals surface area contributed by atoms with Gasteiger partial charge in [0.15, 0.2) is 17.8 Å². The highest BCUT2D eigenvalue weighted by atomic mass is 19.1. The fourth-order valence-corrected chi connectivity index (χ4v) is 2.73. The largest absolute Gasteiger partial charge is 0.398 e. The second-order valence-corrected chi connectivity index (χ2v) is 5.92. The Hall–Kier alpha value is -3.55. The first kappa shape index (κ1) is 18.2. The Morgan fingerprint density at radius 1 is 1.41 bits per heavy atom. The van der Waals surface area contributed by atoms with E-state index < -0.39 is 11.7 Å². The molecule has 3 rings (SSSR count). The summed E-state index contributed by atoms with van der Waals surface area (Å²) in [5.74, 6) is -1.08. The van der Waals surface area contributed by atoms with Crippen molar-refractivity contribution in [2.45, 2.75) is 13.8 Å². The fraction of sp³-hybridized carbons (Fsp3) is 0.158. The number of amides is 1. The highest BCUT2D eigenvalue weighted by Gasteiger charge is 2.16. The first-order valence-electron chi connectivity index (χ1n) is 8.28. The van der Waals surface area contributed by atoms with Crippen LogP contribution in [-0.4, -0.2) is 34.3 Å². The molecule has 138 valence electrons. The minimum Gasteiger partial charge on any atom is -0.398 e. The van der Waals surface area contributed by atoms with Crippen LogP contribution in [0.2, 0.25) is 0 Å². The van der Waals surface area contributed by atoms with Gasteiger partial charge in [0.2, 0.25) is 0 Å². The van der Waals surface area contributed by atoms with Gasteiger partial charge >= 0.3 is 0 Å². The van der Waals surface area contributed by atoms with E-state index in [0.717, 1.165) is 0 Å². The monoisotopic (exact) mass is 367 g/mol. The lowest BCUT2D eigenvalue weighted by atomic mass is 10.0. The first-order valence-corrected chi connectivity index (χ1v) is 8.28. The van der Waals surface area contributed by atoms with Gasteiger partial charge in [-0.25, -0.2) is 9.37 Å². The molecular formula is C19H18FN5O2. The van der Waals surface area contributed by atoms with Crippen molar-refractivity contribution in [1.29, 1.82) is 0 Å². The van der Waals surface area contributed by atoms with Gasteiger partial charge in [0.25, 0.3) is 5.91 Å². The summed E-state index contributed by atoms with van der Waals surface area (Å²) < 4.78 is 15.7. The third kappa shape index (κ3) is 3.55. The molecule has 7 nitrogen and oxygen atoms in total. The molecule has 0 radical (unpaired) electrons. The normalized spacial score (nSPS) is 11.2. The zero-order valence-electron chi connectivity index (χ0n) is 14.9. The molecule has 2 aromatic heterocycles. The number of hydrogen-bond donors (Lipinski definition) is 2. The number of hydrogen-bond acceptors (Lipinski definition) is 5. The molecule has 0 bridgehead atoms. The molecule has 8 heteroatoms. The summed E-state index contributed by atoms with van der Waals surface area (Å²) in [6.07, 6.45) is 5.34. The average molecular weight is 367 g/mol. The first-order chi connectivity index (χ1) is 12.9. The van der Waals surface area contributed by atoms with Crippen molar-refractivity contribution in [1.82, 2.24) is 9.38 Å². The molecule has 0 saturated carbocycles. The van der Waals surface area contributed by atoms with E-state index in [1.807, 2.05) is 6.92 Å². The number of aryl methyl sites for hydroxylation is 1. The van der Waals surface area contributed by atoms with Gasteiger partial charge in [-0.15, -0.1) is 0 Å². The molecule has 0 aliphatic rings. The summed E-state index contributed by atoms with van der Waals surface area (Å²) in [7, 11) is 0. The maximum absolute atomic E-state index is 14.2. The third-order valence-electron chi connectivity index (χ3n) is 3.98. The molecule has 0 spiro atoms. The molecule has 27 heavy (non-hydrogen) atoms.